The molecule has 1 unspecified atom stereocenters. The van der Waals surface area contributed by atoms with Crippen LogP contribution in [0, 0.1) is 6.92 Å². The molecule has 6 rings (SSSR count). The number of fused-ring (bicyclic) bond motifs is 2. The molecule has 1 aliphatic heterocycles. The Balaban J connectivity index is 1.49. The summed E-state index contributed by atoms with van der Waals surface area (Å²) < 4.78 is 2.20. The molecule has 2 aromatic heterocycles. The number of carbonyl (C=O) groups is 2. The van der Waals surface area contributed by atoms with Crippen LogP contribution in [0.5, 0.6) is 0 Å². The summed E-state index contributed by atoms with van der Waals surface area (Å²) in [6, 6.07) is 28.1. The van der Waals surface area contributed by atoms with Crippen molar-refractivity contribution < 1.29 is 9.59 Å². The van der Waals surface area contributed by atoms with Gasteiger partial charge >= 0.3 is 0 Å². The summed E-state index contributed by atoms with van der Waals surface area (Å²) in [6.07, 6.45) is 0. The van der Waals surface area contributed by atoms with Gasteiger partial charge in [-0.2, -0.15) is 0 Å². The molecule has 184 valence electrons. The second kappa shape index (κ2) is 9.37. The zero-order valence-corrected chi connectivity index (χ0v) is 21.6. The number of carbonyl (C=O) groups excluding carboxylic acids is 2. The number of thiophene rings is 1. The minimum atomic E-state index is -0.376. The van der Waals surface area contributed by atoms with Gasteiger partial charge in [-0.05, 0) is 41.6 Å². The molecule has 3 heterocycles. The number of rotatable bonds is 6. The van der Waals surface area contributed by atoms with Crippen LogP contribution in [-0.2, 0) is 18.4 Å². The second-order valence-electron chi connectivity index (χ2n) is 9.48. The molecule has 3 aromatic carbocycles. The summed E-state index contributed by atoms with van der Waals surface area (Å²) in [4.78, 5) is 29.7. The zero-order valence-electron chi connectivity index (χ0n) is 20.8. The Bertz CT molecular complexity index is 1620. The topological polar surface area (TPSA) is 54.3 Å². The number of para-hydroxylation sites is 1. The molecule has 0 aliphatic carbocycles. The Labute approximate surface area is 220 Å². The Morgan fingerprint density at radius 1 is 0.946 bits per heavy atom. The largest absolute Gasteiger partial charge is 0.350 e. The standard InChI is InChI=1S/C31H27N3O2S/c1-20-13-15-21(16-14-20)29-28(25-11-5-6-12-26(25)33(29)2)30-23-9-3-4-10-24(23)31(36)34(30)19-27(35)32-18-22-8-7-17-37-22/h3-17,30H,18-19H2,1-2H3,(H,32,35). The molecule has 0 fully saturated rings. The van der Waals surface area contributed by atoms with Crippen molar-refractivity contribution in [1.82, 2.24) is 14.8 Å². The summed E-state index contributed by atoms with van der Waals surface area (Å²) >= 11 is 1.60. The summed E-state index contributed by atoms with van der Waals surface area (Å²) in [5.41, 5.74) is 7.05. The predicted molar refractivity (Wildman–Crippen MR) is 149 cm³/mol. The third kappa shape index (κ3) is 4.03. The molecule has 0 saturated heterocycles. The number of aryl methyl sites for hydroxylation is 2. The van der Waals surface area contributed by atoms with Crippen LogP contribution < -0.4 is 5.32 Å². The first-order chi connectivity index (χ1) is 18.0. The van der Waals surface area contributed by atoms with Gasteiger partial charge in [-0.1, -0.05) is 72.3 Å². The molecule has 6 heteroatoms. The molecule has 0 saturated carbocycles. The van der Waals surface area contributed by atoms with Crippen molar-refractivity contribution in [2.75, 3.05) is 6.54 Å². The normalized spacial score (nSPS) is 14.8. The van der Waals surface area contributed by atoms with Crippen LogP contribution in [0.15, 0.2) is 90.3 Å². The van der Waals surface area contributed by atoms with Crippen LogP contribution in [0.1, 0.15) is 38.0 Å². The molecule has 5 nitrogen and oxygen atoms in total. The van der Waals surface area contributed by atoms with Crippen molar-refractivity contribution in [1.29, 1.82) is 0 Å². The van der Waals surface area contributed by atoms with Crippen molar-refractivity contribution in [3.05, 3.63) is 117 Å². The van der Waals surface area contributed by atoms with Gasteiger partial charge in [-0.15, -0.1) is 11.3 Å². The van der Waals surface area contributed by atoms with Gasteiger partial charge in [0.1, 0.15) is 6.54 Å². The van der Waals surface area contributed by atoms with Crippen molar-refractivity contribution in [2.24, 2.45) is 7.05 Å². The van der Waals surface area contributed by atoms with E-state index in [4.69, 9.17) is 0 Å². The van der Waals surface area contributed by atoms with E-state index in [-0.39, 0.29) is 24.4 Å². The van der Waals surface area contributed by atoms with Gasteiger partial charge in [0, 0.05) is 34.0 Å². The average molecular weight is 506 g/mol. The van der Waals surface area contributed by atoms with Gasteiger partial charge in [0.2, 0.25) is 5.91 Å². The Kier molecular flexibility index (Phi) is 5.89. The summed E-state index contributed by atoms with van der Waals surface area (Å²) in [7, 11) is 2.07. The Morgan fingerprint density at radius 2 is 1.70 bits per heavy atom. The van der Waals surface area contributed by atoms with E-state index in [1.807, 2.05) is 53.9 Å². The minimum Gasteiger partial charge on any atom is -0.350 e. The lowest BCUT2D eigenvalue weighted by molar-refractivity contribution is -0.122. The predicted octanol–water partition coefficient (Wildman–Crippen LogP) is 6.08. The van der Waals surface area contributed by atoms with Crippen molar-refractivity contribution in [2.45, 2.75) is 19.5 Å². The van der Waals surface area contributed by atoms with E-state index < -0.39 is 0 Å². The lowest BCUT2D eigenvalue weighted by Gasteiger charge is -2.26. The molecule has 37 heavy (non-hydrogen) atoms. The van der Waals surface area contributed by atoms with Gasteiger partial charge in [0.15, 0.2) is 0 Å². The quantitative estimate of drug-likeness (QED) is 0.304. The maximum Gasteiger partial charge on any atom is 0.255 e. The van der Waals surface area contributed by atoms with E-state index in [1.165, 1.54) is 5.56 Å². The van der Waals surface area contributed by atoms with E-state index in [0.717, 1.165) is 38.2 Å². The van der Waals surface area contributed by atoms with Crippen LogP contribution in [0.3, 0.4) is 0 Å². The molecule has 5 aromatic rings. The van der Waals surface area contributed by atoms with Crippen LogP contribution in [-0.4, -0.2) is 27.8 Å². The van der Waals surface area contributed by atoms with E-state index in [1.54, 1.807) is 16.2 Å². The second-order valence-corrected chi connectivity index (χ2v) is 10.5. The van der Waals surface area contributed by atoms with Gasteiger partial charge in [0.05, 0.1) is 18.3 Å². The van der Waals surface area contributed by atoms with Crippen molar-refractivity contribution >= 4 is 34.1 Å². The highest BCUT2D eigenvalue weighted by Gasteiger charge is 2.41. The fourth-order valence-electron chi connectivity index (χ4n) is 5.41. The van der Waals surface area contributed by atoms with Gasteiger partial charge in [-0.25, -0.2) is 0 Å². The minimum absolute atomic E-state index is 0.0138. The fraction of sp³-hybridized carbons (Fsp3) is 0.161. The average Bonchev–Trinajstić information content (AvgIpc) is 3.61. The molecule has 0 spiro atoms. The first kappa shape index (κ1) is 23.3. The third-order valence-corrected chi connectivity index (χ3v) is 8.03. The van der Waals surface area contributed by atoms with Gasteiger partial charge in [0.25, 0.3) is 5.91 Å². The highest BCUT2D eigenvalue weighted by molar-refractivity contribution is 7.09. The molecule has 1 N–H and O–H groups in total. The van der Waals surface area contributed by atoms with E-state index in [9.17, 15) is 9.59 Å². The number of nitrogens with one attached hydrogen (secondary N) is 1. The highest BCUT2D eigenvalue weighted by Crippen LogP contribution is 2.46. The Morgan fingerprint density at radius 3 is 2.49 bits per heavy atom. The van der Waals surface area contributed by atoms with Gasteiger partial charge in [-0.3, -0.25) is 9.59 Å². The summed E-state index contributed by atoms with van der Waals surface area (Å²) in [5, 5.41) is 6.07. The maximum absolute atomic E-state index is 13.7. The monoisotopic (exact) mass is 505 g/mol. The SMILES string of the molecule is Cc1ccc(-c2c(C3c4ccccc4C(=O)N3CC(=O)NCc3cccs3)c3ccccc3n2C)cc1. The van der Waals surface area contributed by atoms with E-state index >= 15 is 0 Å². The summed E-state index contributed by atoms with van der Waals surface area (Å²) in [6.45, 7) is 2.52. The number of hydrogen-bond donors (Lipinski definition) is 1. The molecular weight excluding hydrogens is 478 g/mol. The number of aromatic nitrogens is 1. The Hall–Kier alpha value is -4.16. The lowest BCUT2D eigenvalue weighted by Crippen LogP contribution is -2.39. The van der Waals surface area contributed by atoms with Gasteiger partial charge < -0.3 is 14.8 Å². The van der Waals surface area contributed by atoms with E-state index in [0.29, 0.717) is 12.1 Å². The maximum atomic E-state index is 13.7. The molecule has 1 aliphatic rings. The van der Waals surface area contributed by atoms with E-state index in [2.05, 4.69) is 60.3 Å². The number of hydrogen-bond acceptors (Lipinski definition) is 3. The molecular formula is C31H27N3O2S. The molecule has 1 atom stereocenters. The van der Waals surface area contributed by atoms with Crippen molar-refractivity contribution in [3.63, 3.8) is 0 Å². The van der Waals surface area contributed by atoms with Crippen LogP contribution in [0.2, 0.25) is 0 Å². The molecule has 2 amide bonds. The fourth-order valence-corrected chi connectivity index (χ4v) is 6.06. The number of nitrogens with zero attached hydrogens (tertiary/aromatic N) is 2. The van der Waals surface area contributed by atoms with Crippen molar-refractivity contribution in [3.8, 4) is 11.3 Å². The molecule has 0 bridgehead atoms. The highest BCUT2D eigenvalue weighted by atomic mass is 32.1. The number of benzene rings is 3. The third-order valence-electron chi connectivity index (χ3n) is 7.16. The van der Waals surface area contributed by atoms with Crippen LogP contribution in [0.4, 0.5) is 0 Å². The van der Waals surface area contributed by atoms with Crippen LogP contribution in [0.25, 0.3) is 22.2 Å². The first-order valence-electron chi connectivity index (χ1n) is 12.4. The lowest BCUT2D eigenvalue weighted by atomic mass is 9.93. The first-order valence-corrected chi connectivity index (χ1v) is 13.2. The zero-order chi connectivity index (χ0) is 25.5. The smallest absolute Gasteiger partial charge is 0.255 e. The summed E-state index contributed by atoms with van der Waals surface area (Å²) in [5.74, 6) is -0.286. The van der Waals surface area contributed by atoms with Crippen LogP contribution >= 0.6 is 11.3 Å². The molecule has 0 radical (unpaired) electrons. The number of amides is 2.